The monoisotopic (exact) mass is 446 g/mol. The molecule has 1 fully saturated rings. The van der Waals surface area contributed by atoms with Gasteiger partial charge in [-0.3, -0.25) is 4.79 Å². The highest BCUT2D eigenvalue weighted by Gasteiger charge is 2.30. The second-order valence-electron chi connectivity index (χ2n) is 8.35. The van der Waals surface area contributed by atoms with Crippen LogP contribution in [-0.2, 0) is 20.7 Å². The summed E-state index contributed by atoms with van der Waals surface area (Å²) < 4.78 is 26.9. The van der Waals surface area contributed by atoms with Gasteiger partial charge in [0.1, 0.15) is 11.4 Å². The van der Waals surface area contributed by atoms with Crippen molar-refractivity contribution in [3.05, 3.63) is 39.4 Å². The Labute approximate surface area is 184 Å². The Morgan fingerprint density at radius 2 is 1.94 bits per heavy atom. The van der Waals surface area contributed by atoms with Gasteiger partial charge in [0.15, 0.2) is 6.61 Å². The molecular weight excluding hydrogens is 419 g/mol. The van der Waals surface area contributed by atoms with Gasteiger partial charge in [0.25, 0.3) is 0 Å². The molecule has 1 atom stereocenters. The molecule has 0 radical (unpaired) electrons. The summed E-state index contributed by atoms with van der Waals surface area (Å²) in [4.78, 5) is 39.1. The highest BCUT2D eigenvalue weighted by atomic mass is 19.1. The summed E-state index contributed by atoms with van der Waals surface area (Å²) in [5.41, 5.74) is 0.980. The van der Waals surface area contributed by atoms with Gasteiger partial charge in [-0.15, -0.1) is 0 Å². The molecule has 9 heteroatoms. The number of nitrogens with zero attached hydrogens (tertiary/aromatic N) is 2. The summed E-state index contributed by atoms with van der Waals surface area (Å²) in [5, 5.41) is 9.94. The Morgan fingerprint density at radius 1 is 1.22 bits per heavy atom. The summed E-state index contributed by atoms with van der Waals surface area (Å²) in [5.74, 6) is -2.16. The van der Waals surface area contributed by atoms with Crippen molar-refractivity contribution >= 4 is 28.5 Å². The second-order valence-corrected chi connectivity index (χ2v) is 8.35. The van der Waals surface area contributed by atoms with Crippen LogP contribution < -0.4 is 10.3 Å². The van der Waals surface area contributed by atoms with E-state index in [1.807, 2.05) is 16.4 Å². The molecule has 0 unspecified atom stereocenters. The third-order valence-electron chi connectivity index (χ3n) is 6.25. The summed E-state index contributed by atoms with van der Waals surface area (Å²) in [6, 6.07) is 1.18. The van der Waals surface area contributed by atoms with Crippen molar-refractivity contribution in [3.8, 4) is 0 Å². The molecule has 0 spiro atoms. The van der Waals surface area contributed by atoms with Gasteiger partial charge in [0, 0.05) is 36.3 Å². The predicted molar refractivity (Wildman–Crippen MR) is 116 cm³/mol. The van der Waals surface area contributed by atoms with E-state index in [1.165, 1.54) is 12.3 Å². The van der Waals surface area contributed by atoms with Gasteiger partial charge >= 0.3 is 11.9 Å². The molecule has 3 heterocycles. The Hall–Kier alpha value is -2.94. The van der Waals surface area contributed by atoms with Crippen molar-refractivity contribution in [1.29, 1.82) is 0 Å². The first-order valence-electron chi connectivity index (χ1n) is 11.0. The number of pyridine rings is 1. The van der Waals surface area contributed by atoms with Gasteiger partial charge in [-0.1, -0.05) is 0 Å². The maximum Gasteiger partial charge on any atom is 0.344 e. The van der Waals surface area contributed by atoms with E-state index < -0.39 is 29.8 Å². The zero-order valence-electron chi connectivity index (χ0n) is 18.2. The lowest BCUT2D eigenvalue weighted by atomic mass is 9.93. The van der Waals surface area contributed by atoms with Gasteiger partial charge in [-0.05, 0) is 45.6 Å². The molecule has 32 heavy (non-hydrogen) atoms. The molecule has 0 bridgehead atoms. The summed E-state index contributed by atoms with van der Waals surface area (Å²) >= 11 is 0. The molecule has 172 valence electrons. The van der Waals surface area contributed by atoms with Crippen LogP contribution >= 0.6 is 0 Å². The van der Waals surface area contributed by atoms with E-state index >= 15 is 4.39 Å². The van der Waals surface area contributed by atoms with Crippen molar-refractivity contribution in [3.63, 3.8) is 0 Å². The lowest BCUT2D eigenvalue weighted by Gasteiger charge is -2.36. The minimum absolute atomic E-state index is 0.0105. The fourth-order valence-electron chi connectivity index (χ4n) is 4.62. The first kappa shape index (κ1) is 22.3. The topological polar surface area (TPSA) is 98.1 Å². The summed E-state index contributed by atoms with van der Waals surface area (Å²) in [7, 11) is 0. The van der Waals surface area contributed by atoms with E-state index in [0.717, 1.165) is 12.0 Å². The zero-order chi connectivity index (χ0) is 23.0. The number of aryl methyl sites for hydroxylation is 1. The molecule has 2 aliphatic rings. The number of carbonyl (C=O) groups excluding carboxylic acids is 2. The standard InChI is InChI=1S/C23H27FN2O6/c1-3-31-19(28)12-32-23(30)17-11-26-13(2)4-5-15-20(26)16(22(17)29)10-18(24)21(15)25-8-6-14(27)7-9-25/h10-11,13-14,27H,3-9,12H2,1-2H3/t13-/m1/s1. The zero-order valence-corrected chi connectivity index (χ0v) is 18.2. The number of rotatable bonds is 5. The Balaban J connectivity index is 1.79. The number of esters is 2. The van der Waals surface area contributed by atoms with Gasteiger partial charge < -0.3 is 24.0 Å². The fraction of sp³-hybridized carbons (Fsp3) is 0.522. The Kier molecular flexibility index (Phi) is 6.19. The number of aliphatic hydroxyl groups is 1. The average molecular weight is 446 g/mol. The number of aliphatic hydroxyl groups excluding tert-OH is 1. The van der Waals surface area contributed by atoms with Crippen LogP contribution in [0.5, 0.6) is 0 Å². The number of ether oxygens (including phenoxy) is 2. The molecule has 8 nitrogen and oxygen atoms in total. The van der Waals surface area contributed by atoms with Crippen molar-refractivity contribution in [1.82, 2.24) is 4.57 Å². The molecule has 0 aliphatic carbocycles. The number of aromatic nitrogens is 1. The van der Waals surface area contributed by atoms with E-state index in [1.54, 1.807) is 6.92 Å². The van der Waals surface area contributed by atoms with Crippen molar-refractivity contribution in [2.45, 2.75) is 51.7 Å². The highest BCUT2D eigenvalue weighted by Crippen LogP contribution is 2.38. The maximum atomic E-state index is 15.3. The van der Waals surface area contributed by atoms with E-state index in [-0.39, 0.29) is 29.7 Å². The summed E-state index contributed by atoms with van der Waals surface area (Å²) in [6.07, 6.45) is 3.52. The number of hydrogen-bond donors (Lipinski definition) is 1. The molecule has 2 aliphatic heterocycles. The number of carbonyl (C=O) groups is 2. The van der Waals surface area contributed by atoms with Gasteiger partial charge in [0.05, 0.1) is 23.9 Å². The quantitative estimate of drug-likeness (QED) is 0.704. The van der Waals surface area contributed by atoms with E-state index in [2.05, 4.69) is 0 Å². The van der Waals surface area contributed by atoms with Crippen LogP contribution in [0.25, 0.3) is 10.9 Å². The van der Waals surface area contributed by atoms with Gasteiger partial charge in [-0.2, -0.15) is 0 Å². The van der Waals surface area contributed by atoms with Crippen LogP contribution in [0.1, 0.15) is 55.1 Å². The van der Waals surface area contributed by atoms with Crippen LogP contribution in [0.15, 0.2) is 17.1 Å². The molecule has 2 aromatic rings. The third kappa shape index (κ3) is 3.97. The number of piperidine rings is 1. The highest BCUT2D eigenvalue weighted by molar-refractivity contribution is 5.97. The first-order valence-corrected chi connectivity index (χ1v) is 11.0. The normalized spacial score (nSPS) is 18.6. The third-order valence-corrected chi connectivity index (χ3v) is 6.25. The second kappa shape index (κ2) is 8.90. The summed E-state index contributed by atoms with van der Waals surface area (Å²) in [6.45, 7) is 4.23. The van der Waals surface area contributed by atoms with Gasteiger partial charge in [0.2, 0.25) is 5.43 Å². The van der Waals surface area contributed by atoms with Crippen LogP contribution in [0.3, 0.4) is 0 Å². The molecular formula is C23H27FN2O6. The SMILES string of the molecule is CCOC(=O)COC(=O)c1cn2c3c(c(N4CCC(O)CC4)c(F)cc3c1=O)CC[C@H]2C. The maximum absolute atomic E-state index is 15.3. The van der Waals surface area contributed by atoms with Crippen LogP contribution in [0, 0.1) is 5.82 Å². The van der Waals surface area contributed by atoms with Crippen LogP contribution in [0.2, 0.25) is 0 Å². The number of anilines is 1. The molecule has 0 amide bonds. The average Bonchev–Trinajstić information content (AvgIpc) is 2.77. The minimum atomic E-state index is -0.942. The van der Waals surface area contributed by atoms with E-state index in [9.17, 15) is 19.5 Å². The Morgan fingerprint density at radius 3 is 2.62 bits per heavy atom. The van der Waals surface area contributed by atoms with Crippen LogP contribution in [-0.4, -0.2) is 54.0 Å². The van der Waals surface area contributed by atoms with Crippen LogP contribution in [0.4, 0.5) is 10.1 Å². The number of halogens is 1. The van der Waals surface area contributed by atoms with E-state index in [0.29, 0.717) is 43.6 Å². The Bertz CT molecular complexity index is 1120. The molecule has 1 saturated heterocycles. The van der Waals surface area contributed by atoms with Crippen molar-refractivity contribution in [2.75, 3.05) is 31.2 Å². The first-order chi connectivity index (χ1) is 15.3. The molecule has 1 aromatic carbocycles. The van der Waals surface area contributed by atoms with Gasteiger partial charge in [-0.25, -0.2) is 14.0 Å². The molecule has 1 N–H and O–H groups in total. The van der Waals surface area contributed by atoms with Crippen molar-refractivity contribution < 1.29 is 28.6 Å². The molecule has 0 saturated carbocycles. The van der Waals surface area contributed by atoms with E-state index in [4.69, 9.17) is 9.47 Å². The fourth-order valence-corrected chi connectivity index (χ4v) is 4.62. The number of hydrogen-bond acceptors (Lipinski definition) is 7. The lowest BCUT2D eigenvalue weighted by Crippen LogP contribution is -2.37. The minimum Gasteiger partial charge on any atom is -0.463 e. The number of benzene rings is 1. The predicted octanol–water partition coefficient (Wildman–Crippen LogP) is 2.33. The molecule has 1 aromatic heterocycles. The lowest BCUT2D eigenvalue weighted by molar-refractivity contribution is -0.146. The van der Waals surface area contributed by atoms with Crippen molar-refractivity contribution in [2.24, 2.45) is 0 Å². The smallest absolute Gasteiger partial charge is 0.344 e. The molecule has 4 rings (SSSR count). The largest absolute Gasteiger partial charge is 0.463 e.